The van der Waals surface area contributed by atoms with E-state index in [0.29, 0.717) is 11.4 Å². The van der Waals surface area contributed by atoms with Crippen molar-refractivity contribution >= 4 is 30.0 Å². The zero-order chi connectivity index (χ0) is 21.4. The Bertz CT molecular complexity index is 1090. The molecule has 7 heteroatoms. The molecule has 0 radical (unpaired) electrons. The molecule has 2 aromatic carbocycles. The summed E-state index contributed by atoms with van der Waals surface area (Å²) in [6.07, 6.45) is 5.01. The maximum Gasteiger partial charge on any atom is 0.488 e. The van der Waals surface area contributed by atoms with Crippen LogP contribution in [0.25, 0.3) is 0 Å². The summed E-state index contributed by atoms with van der Waals surface area (Å²) in [6, 6.07) is 16.2. The van der Waals surface area contributed by atoms with E-state index in [9.17, 15) is 10.0 Å². The number of anilines is 3. The number of aryl methyl sites for hydroxylation is 1. The number of benzene rings is 2. The van der Waals surface area contributed by atoms with Gasteiger partial charge in [0.05, 0.1) is 5.69 Å². The Labute approximate surface area is 183 Å². The van der Waals surface area contributed by atoms with E-state index in [2.05, 4.69) is 29.3 Å². The highest BCUT2D eigenvalue weighted by Gasteiger charge is 2.34. The van der Waals surface area contributed by atoms with Crippen molar-refractivity contribution in [1.82, 2.24) is 9.97 Å². The summed E-state index contributed by atoms with van der Waals surface area (Å²) in [4.78, 5) is 12.1. The highest BCUT2D eigenvalue weighted by Crippen LogP contribution is 2.38. The van der Waals surface area contributed by atoms with Gasteiger partial charge < -0.3 is 20.3 Å². The molecule has 0 saturated carbocycles. The van der Waals surface area contributed by atoms with Crippen molar-refractivity contribution < 1.29 is 10.0 Å². The van der Waals surface area contributed by atoms with Crippen molar-refractivity contribution in [3.63, 3.8) is 0 Å². The molecule has 6 nitrogen and oxygen atoms in total. The maximum atomic E-state index is 9.81. The number of fused-ring (bicyclic) bond motifs is 2. The van der Waals surface area contributed by atoms with E-state index < -0.39 is 7.12 Å². The molecular formula is C24H27BN4O2. The van der Waals surface area contributed by atoms with E-state index in [1.807, 2.05) is 30.3 Å². The molecule has 0 spiro atoms. The predicted octanol–water partition coefficient (Wildman–Crippen LogP) is 2.73. The molecule has 3 N–H and O–H groups in total. The summed E-state index contributed by atoms with van der Waals surface area (Å²) >= 11 is 0. The van der Waals surface area contributed by atoms with Crippen molar-refractivity contribution in [2.45, 2.75) is 51.6 Å². The third kappa shape index (κ3) is 3.79. The molecule has 3 aromatic rings. The van der Waals surface area contributed by atoms with Crippen molar-refractivity contribution in [2.24, 2.45) is 0 Å². The van der Waals surface area contributed by atoms with Crippen LogP contribution in [0, 0.1) is 0 Å². The van der Waals surface area contributed by atoms with Crippen LogP contribution in [0.1, 0.15) is 42.1 Å². The zero-order valence-corrected chi connectivity index (χ0v) is 17.8. The molecule has 1 aliphatic carbocycles. The van der Waals surface area contributed by atoms with Crippen LogP contribution >= 0.6 is 0 Å². The number of hydrogen-bond donors (Lipinski definition) is 3. The fourth-order valence-electron chi connectivity index (χ4n) is 4.83. The van der Waals surface area contributed by atoms with Crippen LogP contribution in [0.4, 0.5) is 17.5 Å². The van der Waals surface area contributed by atoms with E-state index >= 15 is 0 Å². The predicted molar refractivity (Wildman–Crippen MR) is 124 cm³/mol. The molecule has 0 amide bonds. The van der Waals surface area contributed by atoms with E-state index in [4.69, 9.17) is 9.97 Å². The molecule has 2 aliphatic rings. The van der Waals surface area contributed by atoms with Gasteiger partial charge in [-0.1, -0.05) is 42.5 Å². The minimum absolute atomic E-state index is 0.138. The van der Waals surface area contributed by atoms with E-state index in [1.165, 1.54) is 11.1 Å². The first kappa shape index (κ1) is 20.0. The van der Waals surface area contributed by atoms with Crippen LogP contribution in [-0.4, -0.2) is 33.2 Å². The van der Waals surface area contributed by atoms with Crippen LogP contribution in [0.5, 0.6) is 0 Å². The Hall–Kier alpha value is -2.90. The smallest absolute Gasteiger partial charge is 0.423 e. The molecule has 158 valence electrons. The molecule has 2 heterocycles. The molecular weight excluding hydrogens is 387 g/mol. The molecule has 1 atom stereocenters. The molecule has 1 aromatic heterocycles. The second-order valence-corrected chi connectivity index (χ2v) is 8.49. The van der Waals surface area contributed by atoms with Crippen LogP contribution in [0.2, 0.25) is 0 Å². The number of aromatic nitrogens is 2. The van der Waals surface area contributed by atoms with Gasteiger partial charge in [0, 0.05) is 23.8 Å². The maximum absolute atomic E-state index is 9.81. The van der Waals surface area contributed by atoms with E-state index in [-0.39, 0.29) is 6.04 Å². The van der Waals surface area contributed by atoms with Gasteiger partial charge in [-0.3, -0.25) is 0 Å². The summed E-state index contributed by atoms with van der Waals surface area (Å²) in [6.45, 7) is 2.85. The number of hydrogen-bond acceptors (Lipinski definition) is 6. The molecule has 0 saturated heterocycles. The van der Waals surface area contributed by atoms with Crippen LogP contribution in [0.15, 0.2) is 48.5 Å². The van der Waals surface area contributed by atoms with Crippen molar-refractivity contribution in [1.29, 1.82) is 0 Å². The monoisotopic (exact) mass is 414 g/mol. The van der Waals surface area contributed by atoms with Crippen molar-refractivity contribution in [3.05, 3.63) is 70.9 Å². The summed E-state index contributed by atoms with van der Waals surface area (Å²) in [5.41, 5.74) is 6.07. The Morgan fingerprint density at radius 2 is 1.81 bits per heavy atom. The third-order valence-corrected chi connectivity index (χ3v) is 6.36. The second kappa shape index (κ2) is 8.32. The molecule has 1 unspecified atom stereocenters. The summed E-state index contributed by atoms with van der Waals surface area (Å²) < 4.78 is 0. The summed E-state index contributed by atoms with van der Waals surface area (Å²) in [7, 11) is -1.48. The zero-order valence-electron chi connectivity index (χ0n) is 17.8. The largest absolute Gasteiger partial charge is 0.488 e. The Morgan fingerprint density at radius 3 is 2.61 bits per heavy atom. The molecule has 5 rings (SSSR count). The molecule has 1 aliphatic heterocycles. The lowest BCUT2D eigenvalue weighted by molar-refractivity contribution is 0.425. The minimum Gasteiger partial charge on any atom is -0.423 e. The third-order valence-electron chi connectivity index (χ3n) is 6.36. The number of nitrogens with one attached hydrogen (secondary N) is 1. The van der Waals surface area contributed by atoms with Crippen molar-refractivity contribution in [2.75, 3.05) is 10.2 Å². The van der Waals surface area contributed by atoms with Crippen molar-refractivity contribution in [3.8, 4) is 0 Å². The first-order chi connectivity index (χ1) is 15.1. The summed E-state index contributed by atoms with van der Waals surface area (Å²) in [5.74, 6) is 1.61. The molecule has 0 bridgehead atoms. The Morgan fingerprint density at radius 1 is 1.00 bits per heavy atom. The first-order valence-corrected chi connectivity index (χ1v) is 11.1. The van der Waals surface area contributed by atoms with Crippen LogP contribution in [0.3, 0.4) is 0 Å². The molecule has 31 heavy (non-hydrogen) atoms. The highest BCUT2D eigenvalue weighted by molar-refractivity contribution is 6.59. The van der Waals surface area contributed by atoms with Gasteiger partial charge in [-0.25, -0.2) is 4.98 Å². The lowest BCUT2D eigenvalue weighted by Crippen LogP contribution is -2.32. The normalized spacial score (nSPS) is 17.3. The SMILES string of the molecule is CC1Cc2c(B(O)O)cccc2N1c1nc2c(c(NCc3ccccc3)n1)CCCC2. The van der Waals surface area contributed by atoms with Gasteiger partial charge >= 0.3 is 7.12 Å². The van der Waals surface area contributed by atoms with Gasteiger partial charge in [0.25, 0.3) is 0 Å². The topological polar surface area (TPSA) is 81.5 Å². The lowest BCUT2D eigenvalue weighted by atomic mass is 9.76. The van der Waals surface area contributed by atoms with Crippen LogP contribution < -0.4 is 15.7 Å². The quantitative estimate of drug-likeness (QED) is 0.557. The van der Waals surface area contributed by atoms with Gasteiger partial charge in [0.15, 0.2) is 0 Å². The fourth-order valence-corrected chi connectivity index (χ4v) is 4.83. The first-order valence-electron chi connectivity index (χ1n) is 11.1. The van der Waals surface area contributed by atoms with Gasteiger partial charge in [-0.05, 0) is 61.7 Å². The average Bonchev–Trinajstić information content (AvgIpc) is 3.13. The summed E-state index contributed by atoms with van der Waals surface area (Å²) in [5, 5.41) is 23.2. The average molecular weight is 414 g/mol. The van der Waals surface area contributed by atoms with Gasteiger partial charge in [-0.15, -0.1) is 0 Å². The Kier molecular flexibility index (Phi) is 5.38. The lowest BCUT2D eigenvalue weighted by Gasteiger charge is -2.26. The van der Waals surface area contributed by atoms with E-state index in [1.54, 1.807) is 6.07 Å². The van der Waals surface area contributed by atoms with Gasteiger partial charge in [0.2, 0.25) is 5.95 Å². The fraction of sp³-hybridized carbons (Fsp3) is 0.333. The number of nitrogens with zero attached hydrogens (tertiary/aromatic N) is 3. The Balaban J connectivity index is 1.54. The van der Waals surface area contributed by atoms with Gasteiger partial charge in [0.1, 0.15) is 5.82 Å². The minimum atomic E-state index is -1.48. The van der Waals surface area contributed by atoms with Crippen LogP contribution in [-0.2, 0) is 25.8 Å². The molecule has 0 fully saturated rings. The van der Waals surface area contributed by atoms with Gasteiger partial charge in [-0.2, -0.15) is 4.98 Å². The highest BCUT2D eigenvalue weighted by atomic mass is 16.4. The number of rotatable bonds is 5. The van der Waals surface area contributed by atoms with E-state index in [0.717, 1.165) is 61.4 Å². The standard InChI is InChI=1S/C24H27BN4O2/c1-16-14-19-20(25(30)31)11-7-13-22(19)29(16)24-27-21-12-6-5-10-18(21)23(28-24)26-15-17-8-3-2-4-9-17/h2-4,7-9,11,13,16,30-31H,5-6,10,12,14-15H2,1H3,(H,26,27,28). The second-order valence-electron chi connectivity index (χ2n) is 8.49.